The maximum atomic E-state index is 11.9. The first-order valence-corrected chi connectivity index (χ1v) is 8.44. The van der Waals surface area contributed by atoms with Gasteiger partial charge in [-0.3, -0.25) is 0 Å². The van der Waals surface area contributed by atoms with Crippen molar-refractivity contribution in [1.82, 2.24) is 5.32 Å². The second-order valence-corrected chi connectivity index (χ2v) is 7.23. The van der Waals surface area contributed by atoms with Gasteiger partial charge in [0.25, 0.3) is 0 Å². The summed E-state index contributed by atoms with van der Waals surface area (Å²) in [7, 11) is -1.53. The fraction of sp³-hybridized carbons (Fsp3) is 1.00. The van der Waals surface area contributed by atoms with Crippen LogP contribution < -0.4 is 5.32 Å². The van der Waals surface area contributed by atoms with Gasteiger partial charge in [-0.05, 0) is 18.8 Å². The highest BCUT2D eigenvalue weighted by Gasteiger charge is 2.24. The van der Waals surface area contributed by atoms with Crippen LogP contribution >= 0.6 is 0 Å². The minimum atomic E-state index is -3.13. The number of hydrogen-bond acceptors (Lipinski definition) is 5. The summed E-state index contributed by atoms with van der Waals surface area (Å²) in [5.41, 5.74) is 0. The Kier molecular flexibility index (Phi) is 7.14. The number of methoxy groups -OCH3 is 1. The molecular weight excluding hydrogens is 254 g/mol. The van der Waals surface area contributed by atoms with Crippen LogP contribution in [0.15, 0.2) is 0 Å². The second-order valence-electron chi connectivity index (χ2n) is 5.08. The molecule has 0 amide bonds. The number of sulfone groups is 1. The van der Waals surface area contributed by atoms with Crippen LogP contribution in [0.1, 0.15) is 25.7 Å². The highest BCUT2D eigenvalue weighted by atomic mass is 32.2. The molecule has 0 aromatic rings. The fourth-order valence-electron chi connectivity index (χ4n) is 2.40. The van der Waals surface area contributed by atoms with Crippen LogP contribution in [0.5, 0.6) is 0 Å². The Morgan fingerprint density at radius 2 is 2.06 bits per heavy atom. The van der Waals surface area contributed by atoms with E-state index in [1.165, 1.54) is 0 Å². The van der Waals surface area contributed by atoms with Crippen LogP contribution in [0.4, 0.5) is 0 Å². The van der Waals surface area contributed by atoms with Crippen LogP contribution in [-0.4, -0.2) is 57.9 Å². The van der Waals surface area contributed by atoms with Gasteiger partial charge in [0, 0.05) is 20.2 Å². The Balaban J connectivity index is 2.21. The van der Waals surface area contributed by atoms with E-state index in [1.807, 2.05) is 0 Å². The summed E-state index contributed by atoms with van der Waals surface area (Å²) in [6.45, 7) is 1.48. The Labute approximate surface area is 110 Å². The first kappa shape index (κ1) is 15.9. The lowest BCUT2D eigenvalue weighted by atomic mass is 10.1. The average Bonchev–Trinajstić information content (AvgIpc) is 2.75. The van der Waals surface area contributed by atoms with Gasteiger partial charge < -0.3 is 15.2 Å². The van der Waals surface area contributed by atoms with Crippen molar-refractivity contribution < 1.29 is 18.3 Å². The van der Waals surface area contributed by atoms with E-state index < -0.39 is 15.9 Å². The van der Waals surface area contributed by atoms with Gasteiger partial charge in [0.2, 0.25) is 0 Å². The largest absolute Gasteiger partial charge is 0.391 e. The number of hydrogen-bond donors (Lipinski definition) is 2. The molecule has 108 valence electrons. The summed E-state index contributed by atoms with van der Waals surface area (Å²) in [5, 5.41) is 12.6. The normalized spacial score (nSPS) is 19.2. The van der Waals surface area contributed by atoms with Gasteiger partial charge >= 0.3 is 0 Å². The Morgan fingerprint density at radius 1 is 1.39 bits per heavy atom. The van der Waals surface area contributed by atoms with Gasteiger partial charge in [0.15, 0.2) is 9.84 Å². The predicted octanol–water partition coefficient (Wildman–Crippen LogP) is 0.188. The molecule has 1 unspecified atom stereocenters. The third-order valence-electron chi connectivity index (χ3n) is 3.27. The van der Waals surface area contributed by atoms with E-state index in [4.69, 9.17) is 4.74 Å². The summed E-state index contributed by atoms with van der Waals surface area (Å²) < 4.78 is 28.6. The van der Waals surface area contributed by atoms with Crippen LogP contribution in [0.25, 0.3) is 0 Å². The molecule has 0 radical (unpaired) electrons. The molecule has 1 rings (SSSR count). The number of aliphatic hydroxyl groups is 1. The topological polar surface area (TPSA) is 75.6 Å². The van der Waals surface area contributed by atoms with Gasteiger partial charge in [-0.25, -0.2) is 8.42 Å². The van der Waals surface area contributed by atoms with Crippen LogP contribution in [0.2, 0.25) is 0 Å². The molecule has 1 aliphatic rings. The van der Waals surface area contributed by atoms with Crippen molar-refractivity contribution in [3.8, 4) is 0 Å². The van der Waals surface area contributed by atoms with Crippen molar-refractivity contribution in [3.05, 3.63) is 0 Å². The van der Waals surface area contributed by atoms with Gasteiger partial charge in [0.1, 0.15) is 0 Å². The van der Waals surface area contributed by atoms with Gasteiger partial charge in [-0.15, -0.1) is 0 Å². The number of rotatable bonds is 9. The fourth-order valence-corrected chi connectivity index (χ4v) is 4.29. The lowest BCUT2D eigenvalue weighted by molar-refractivity contribution is 0.174. The van der Waals surface area contributed by atoms with E-state index in [1.54, 1.807) is 7.11 Å². The first-order valence-electron chi connectivity index (χ1n) is 6.61. The van der Waals surface area contributed by atoms with Gasteiger partial charge in [-0.1, -0.05) is 12.8 Å². The summed E-state index contributed by atoms with van der Waals surface area (Å²) in [6.07, 6.45) is 3.49. The number of aliphatic hydroxyl groups excluding tert-OH is 1. The smallest absolute Gasteiger partial charge is 0.153 e. The molecule has 1 atom stereocenters. The molecule has 0 aromatic heterocycles. The molecule has 1 aliphatic carbocycles. The molecule has 0 spiro atoms. The molecule has 0 aliphatic heterocycles. The Hall–Kier alpha value is -0.170. The lowest BCUT2D eigenvalue weighted by Crippen LogP contribution is -2.35. The molecule has 1 saturated carbocycles. The van der Waals surface area contributed by atoms with Crippen molar-refractivity contribution in [3.63, 3.8) is 0 Å². The second kappa shape index (κ2) is 8.09. The number of ether oxygens (including phenoxy) is 1. The summed E-state index contributed by atoms with van der Waals surface area (Å²) in [5.74, 6) is 0.412. The molecule has 0 aromatic carbocycles. The highest BCUT2D eigenvalue weighted by Crippen LogP contribution is 2.26. The van der Waals surface area contributed by atoms with E-state index in [-0.39, 0.29) is 11.5 Å². The zero-order valence-electron chi connectivity index (χ0n) is 11.1. The summed E-state index contributed by atoms with van der Waals surface area (Å²) in [4.78, 5) is 0. The van der Waals surface area contributed by atoms with Crippen LogP contribution in [-0.2, 0) is 14.6 Å². The lowest BCUT2D eigenvalue weighted by Gasteiger charge is -2.14. The molecule has 5 nitrogen and oxygen atoms in total. The third kappa shape index (κ3) is 6.68. The van der Waals surface area contributed by atoms with Crippen LogP contribution in [0.3, 0.4) is 0 Å². The molecule has 0 bridgehead atoms. The van der Waals surface area contributed by atoms with Crippen LogP contribution in [0, 0.1) is 5.92 Å². The van der Waals surface area contributed by atoms with E-state index >= 15 is 0 Å². The number of nitrogens with one attached hydrogen (secondary N) is 1. The molecule has 18 heavy (non-hydrogen) atoms. The molecular formula is C12H25NO4S. The molecule has 1 fully saturated rings. The first-order chi connectivity index (χ1) is 8.53. The van der Waals surface area contributed by atoms with E-state index in [0.717, 1.165) is 25.7 Å². The van der Waals surface area contributed by atoms with Crippen molar-refractivity contribution in [2.24, 2.45) is 5.92 Å². The minimum Gasteiger partial charge on any atom is -0.391 e. The van der Waals surface area contributed by atoms with E-state index in [2.05, 4.69) is 5.32 Å². The third-order valence-corrected chi connectivity index (χ3v) is 5.15. The maximum absolute atomic E-state index is 11.9. The molecule has 2 N–H and O–H groups in total. The van der Waals surface area contributed by atoms with Crippen molar-refractivity contribution in [2.75, 3.05) is 38.3 Å². The molecule has 0 saturated heterocycles. The standard InChI is InChI=1S/C12H25NO4S/c1-17-7-6-13-8-12(14)10-18(15,16)9-11-4-2-3-5-11/h11-14H,2-10H2,1H3. The zero-order chi connectivity index (χ0) is 13.4. The Morgan fingerprint density at radius 3 is 2.67 bits per heavy atom. The zero-order valence-corrected chi connectivity index (χ0v) is 11.9. The predicted molar refractivity (Wildman–Crippen MR) is 71.4 cm³/mol. The Bertz CT molecular complexity index is 312. The highest BCUT2D eigenvalue weighted by molar-refractivity contribution is 7.91. The van der Waals surface area contributed by atoms with Gasteiger partial charge in [-0.2, -0.15) is 0 Å². The molecule has 0 heterocycles. The SMILES string of the molecule is COCCNCC(O)CS(=O)(=O)CC1CCCC1. The van der Waals surface area contributed by atoms with Crippen molar-refractivity contribution >= 4 is 9.84 Å². The monoisotopic (exact) mass is 279 g/mol. The minimum absolute atomic E-state index is 0.135. The summed E-state index contributed by atoms with van der Waals surface area (Å²) in [6, 6.07) is 0. The average molecular weight is 279 g/mol. The van der Waals surface area contributed by atoms with Crippen molar-refractivity contribution in [1.29, 1.82) is 0 Å². The van der Waals surface area contributed by atoms with E-state index in [0.29, 0.717) is 25.6 Å². The van der Waals surface area contributed by atoms with Gasteiger partial charge in [0.05, 0.1) is 24.2 Å². The molecule has 6 heteroatoms. The summed E-state index contributed by atoms with van der Waals surface area (Å²) >= 11 is 0. The van der Waals surface area contributed by atoms with Crippen molar-refractivity contribution in [2.45, 2.75) is 31.8 Å². The maximum Gasteiger partial charge on any atom is 0.153 e. The van der Waals surface area contributed by atoms with E-state index in [9.17, 15) is 13.5 Å². The quantitative estimate of drug-likeness (QED) is 0.589.